The summed E-state index contributed by atoms with van der Waals surface area (Å²) >= 11 is 0. The minimum Gasteiger partial charge on any atom is -0.502 e. The monoisotopic (exact) mass is 411 g/mol. The number of amides is 1. The number of furan rings is 1. The summed E-state index contributed by atoms with van der Waals surface area (Å²) in [6.07, 6.45) is 2.35. The Kier molecular flexibility index (Phi) is 5.68. The van der Waals surface area contributed by atoms with Gasteiger partial charge in [0.2, 0.25) is 11.7 Å². The molecule has 3 rings (SSSR count). The van der Waals surface area contributed by atoms with Crippen LogP contribution in [-0.4, -0.2) is 38.1 Å². The number of nitrogens with two attached hydrogens (primary N) is 1. The number of phenolic OH excluding ortho intramolecular Hbond substituents is 1. The standard InChI is InChI=1S/C22H21NO7/c1-11-16(28-3)9-12(10-17(11)29-4)20(25)19-13-5-6-15(27-2)21(26)22(13)30-14(19)7-8-18(23)24/h5-10,26H,1-4H3,(H2,23,24)/b8-7+. The summed E-state index contributed by atoms with van der Waals surface area (Å²) in [5.74, 6) is -0.195. The molecule has 0 saturated heterocycles. The van der Waals surface area contributed by atoms with Crippen molar-refractivity contribution in [2.75, 3.05) is 21.3 Å². The molecule has 0 aliphatic rings. The number of primary amides is 1. The van der Waals surface area contributed by atoms with E-state index in [0.29, 0.717) is 16.9 Å². The number of ether oxygens (including phenoxy) is 3. The molecule has 0 atom stereocenters. The minimum atomic E-state index is -0.714. The second kappa shape index (κ2) is 8.20. The lowest BCUT2D eigenvalue weighted by Gasteiger charge is -2.12. The summed E-state index contributed by atoms with van der Waals surface area (Å²) < 4.78 is 21.5. The molecular weight excluding hydrogens is 390 g/mol. The molecule has 1 amide bonds. The second-order valence-corrected chi connectivity index (χ2v) is 6.41. The van der Waals surface area contributed by atoms with Gasteiger partial charge in [-0.05, 0) is 37.3 Å². The van der Waals surface area contributed by atoms with Crippen LogP contribution in [0.2, 0.25) is 0 Å². The van der Waals surface area contributed by atoms with E-state index >= 15 is 0 Å². The van der Waals surface area contributed by atoms with Gasteiger partial charge in [-0.3, -0.25) is 9.59 Å². The van der Waals surface area contributed by atoms with Crippen molar-refractivity contribution in [1.82, 2.24) is 0 Å². The third-order valence-corrected chi connectivity index (χ3v) is 4.68. The Hall–Kier alpha value is -3.94. The molecule has 0 aliphatic carbocycles. The molecule has 0 radical (unpaired) electrons. The SMILES string of the molecule is COc1cc(C(=O)c2c(/C=C/C(N)=O)oc3c(O)c(OC)ccc23)cc(OC)c1C. The van der Waals surface area contributed by atoms with Gasteiger partial charge in [-0.1, -0.05) is 0 Å². The summed E-state index contributed by atoms with van der Waals surface area (Å²) in [5.41, 5.74) is 6.40. The molecule has 8 nitrogen and oxygen atoms in total. The molecule has 30 heavy (non-hydrogen) atoms. The number of hydrogen-bond donors (Lipinski definition) is 2. The summed E-state index contributed by atoms with van der Waals surface area (Å²) in [6.45, 7) is 1.81. The quantitative estimate of drug-likeness (QED) is 0.452. The van der Waals surface area contributed by atoms with Gasteiger partial charge in [0.25, 0.3) is 0 Å². The normalized spacial score (nSPS) is 11.1. The van der Waals surface area contributed by atoms with Crippen molar-refractivity contribution in [3.05, 3.63) is 52.8 Å². The van der Waals surface area contributed by atoms with Gasteiger partial charge in [0, 0.05) is 22.6 Å². The molecule has 1 heterocycles. The molecule has 0 saturated carbocycles. The highest BCUT2D eigenvalue weighted by Crippen LogP contribution is 2.40. The van der Waals surface area contributed by atoms with Crippen LogP contribution < -0.4 is 19.9 Å². The van der Waals surface area contributed by atoms with Gasteiger partial charge in [-0.15, -0.1) is 0 Å². The van der Waals surface area contributed by atoms with E-state index in [9.17, 15) is 14.7 Å². The van der Waals surface area contributed by atoms with Crippen molar-refractivity contribution in [2.45, 2.75) is 6.92 Å². The van der Waals surface area contributed by atoms with E-state index in [0.717, 1.165) is 11.6 Å². The molecule has 2 aromatic carbocycles. The number of ketones is 1. The van der Waals surface area contributed by atoms with Gasteiger partial charge in [-0.2, -0.15) is 0 Å². The molecule has 3 aromatic rings. The summed E-state index contributed by atoms with van der Waals surface area (Å²) in [5, 5.41) is 10.8. The summed E-state index contributed by atoms with van der Waals surface area (Å²) in [7, 11) is 4.39. The van der Waals surface area contributed by atoms with Crippen molar-refractivity contribution in [2.24, 2.45) is 5.73 Å². The lowest BCUT2D eigenvalue weighted by molar-refractivity contribution is -0.113. The highest BCUT2D eigenvalue weighted by atomic mass is 16.5. The van der Waals surface area contributed by atoms with Crippen molar-refractivity contribution < 1.29 is 33.3 Å². The molecule has 3 N–H and O–H groups in total. The van der Waals surface area contributed by atoms with Crippen LogP contribution in [0, 0.1) is 6.92 Å². The van der Waals surface area contributed by atoms with E-state index in [1.54, 1.807) is 18.2 Å². The first-order valence-corrected chi connectivity index (χ1v) is 8.89. The number of aromatic hydroxyl groups is 1. The zero-order valence-corrected chi connectivity index (χ0v) is 16.9. The van der Waals surface area contributed by atoms with Gasteiger partial charge in [-0.25, -0.2) is 0 Å². The molecule has 1 aromatic heterocycles. The van der Waals surface area contributed by atoms with Crippen LogP contribution in [-0.2, 0) is 4.79 Å². The number of fused-ring (bicyclic) bond motifs is 1. The number of hydrogen-bond acceptors (Lipinski definition) is 7. The molecule has 0 bridgehead atoms. The van der Waals surface area contributed by atoms with E-state index in [1.165, 1.54) is 33.5 Å². The van der Waals surface area contributed by atoms with Crippen molar-refractivity contribution in [3.8, 4) is 23.0 Å². The van der Waals surface area contributed by atoms with Crippen molar-refractivity contribution in [3.63, 3.8) is 0 Å². The third kappa shape index (κ3) is 3.55. The average molecular weight is 411 g/mol. The van der Waals surface area contributed by atoms with E-state index < -0.39 is 11.7 Å². The van der Waals surface area contributed by atoms with Crippen LogP contribution in [0.1, 0.15) is 27.2 Å². The smallest absolute Gasteiger partial charge is 0.241 e. The maximum atomic E-state index is 13.5. The van der Waals surface area contributed by atoms with Gasteiger partial charge in [0.05, 0.1) is 26.9 Å². The van der Waals surface area contributed by atoms with Crippen LogP contribution in [0.3, 0.4) is 0 Å². The Balaban J connectivity index is 2.28. The third-order valence-electron chi connectivity index (χ3n) is 4.68. The summed E-state index contributed by atoms with van der Waals surface area (Å²) in [4.78, 5) is 24.7. The van der Waals surface area contributed by atoms with Gasteiger partial charge in [0.1, 0.15) is 17.3 Å². The lowest BCUT2D eigenvalue weighted by atomic mass is 9.98. The zero-order chi connectivity index (χ0) is 22.0. The molecule has 156 valence electrons. The molecule has 8 heteroatoms. The Morgan fingerprint density at radius 1 is 1.03 bits per heavy atom. The largest absolute Gasteiger partial charge is 0.502 e. The van der Waals surface area contributed by atoms with Crippen LogP contribution in [0.4, 0.5) is 0 Å². The second-order valence-electron chi connectivity index (χ2n) is 6.41. The number of carbonyl (C=O) groups is 2. The van der Waals surface area contributed by atoms with Gasteiger partial charge < -0.3 is 29.5 Å². The highest BCUT2D eigenvalue weighted by molar-refractivity contribution is 6.19. The van der Waals surface area contributed by atoms with Gasteiger partial charge >= 0.3 is 0 Å². The number of benzene rings is 2. The first kappa shape index (κ1) is 20.8. The zero-order valence-electron chi connectivity index (χ0n) is 16.9. The number of carbonyl (C=O) groups excluding carboxylic acids is 2. The Morgan fingerprint density at radius 2 is 1.63 bits per heavy atom. The molecule has 0 aliphatic heterocycles. The molecular formula is C22H21NO7. The first-order valence-electron chi connectivity index (χ1n) is 8.89. The Labute approximate surface area is 172 Å². The first-order chi connectivity index (χ1) is 14.3. The van der Waals surface area contributed by atoms with E-state index in [-0.39, 0.29) is 34.0 Å². The number of methoxy groups -OCH3 is 3. The molecule has 0 fully saturated rings. The Morgan fingerprint density at radius 3 is 2.17 bits per heavy atom. The lowest BCUT2D eigenvalue weighted by Crippen LogP contribution is -2.06. The highest BCUT2D eigenvalue weighted by Gasteiger charge is 2.25. The average Bonchev–Trinajstić information content (AvgIpc) is 3.11. The Bertz CT molecular complexity index is 1150. The molecule has 0 unspecified atom stereocenters. The van der Waals surface area contributed by atoms with E-state index in [4.69, 9.17) is 24.4 Å². The summed E-state index contributed by atoms with van der Waals surface area (Å²) in [6, 6.07) is 6.28. The van der Waals surface area contributed by atoms with Crippen LogP contribution in [0.25, 0.3) is 17.0 Å². The van der Waals surface area contributed by atoms with E-state index in [1.807, 2.05) is 6.92 Å². The number of phenols is 1. The van der Waals surface area contributed by atoms with Crippen LogP contribution in [0.5, 0.6) is 23.0 Å². The maximum absolute atomic E-state index is 13.5. The maximum Gasteiger partial charge on any atom is 0.241 e. The number of rotatable bonds is 7. The topological polar surface area (TPSA) is 121 Å². The van der Waals surface area contributed by atoms with Crippen LogP contribution >= 0.6 is 0 Å². The van der Waals surface area contributed by atoms with Crippen molar-refractivity contribution in [1.29, 1.82) is 0 Å². The van der Waals surface area contributed by atoms with Gasteiger partial charge in [0.15, 0.2) is 17.1 Å². The minimum absolute atomic E-state index is 0.0489. The fourth-order valence-corrected chi connectivity index (χ4v) is 3.18. The predicted octanol–water partition coefficient (Wildman–Crippen LogP) is 3.20. The molecule has 0 spiro atoms. The fourth-order valence-electron chi connectivity index (χ4n) is 3.18. The predicted molar refractivity (Wildman–Crippen MR) is 110 cm³/mol. The van der Waals surface area contributed by atoms with E-state index in [2.05, 4.69) is 0 Å². The van der Waals surface area contributed by atoms with Crippen LogP contribution in [0.15, 0.2) is 34.8 Å². The fraction of sp³-hybridized carbons (Fsp3) is 0.182. The van der Waals surface area contributed by atoms with Crippen molar-refractivity contribution >= 4 is 28.7 Å².